The van der Waals surface area contributed by atoms with Gasteiger partial charge in [0, 0.05) is 18.0 Å². The van der Waals surface area contributed by atoms with Crippen molar-refractivity contribution in [2.45, 2.75) is 26.8 Å². The number of rotatable bonds is 4. The van der Waals surface area contributed by atoms with Crippen LogP contribution in [0.1, 0.15) is 35.2 Å². The van der Waals surface area contributed by atoms with E-state index in [4.69, 9.17) is 0 Å². The quantitative estimate of drug-likeness (QED) is 0.907. The van der Waals surface area contributed by atoms with Crippen LogP contribution < -0.4 is 5.32 Å². The van der Waals surface area contributed by atoms with Gasteiger partial charge in [0.1, 0.15) is 5.82 Å². The number of pyridine rings is 1. The van der Waals surface area contributed by atoms with Crippen LogP contribution in [0.4, 0.5) is 4.39 Å². The Balaban J connectivity index is 2.45. The molecular weight excluding hydrogens is 239 g/mol. The molecule has 0 aliphatic rings. The van der Waals surface area contributed by atoms with Gasteiger partial charge in [-0.1, -0.05) is 25.1 Å². The third-order valence-corrected chi connectivity index (χ3v) is 3.10. The van der Waals surface area contributed by atoms with Crippen LogP contribution in [0.5, 0.6) is 0 Å². The number of nitrogens with one attached hydrogen (secondary N) is 1. The molecule has 2 rings (SSSR count). The minimum Gasteiger partial charge on any atom is -0.306 e. The summed E-state index contributed by atoms with van der Waals surface area (Å²) in [6.45, 7) is 6.67. The SMILES string of the molecule is CCNC(c1cncc(C)c1)c1ccc(C)cc1F. The van der Waals surface area contributed by atoms with Gasteiger partial charge in [-0.05, 0) is 43.1 Å². The summed E-state index contributed by atoms with van der Waals surface area (Å²) in [5.41, 5.74) is 3.66. The van der Waals surface area contributed by atoms with Gasteiger partial charge in [-0.15, -0.1) is 0 Å². The molecule has 0 saturated heterocycles. The van der Waals surface area contributed by atoms with Crippen molar-refractivity contribution in [2.75, 3.05) is 6.54 Å². The summed E-state index contributed by atoms with van der Waals surface area (Å²) in [6.07, 6.45) is 3.59. The number of nitrogens with zero attached hydrogens (tertiary/aromatic N) is 1. The van der Waals surface area contributed by atoms with E-state index in [-0.39, 0.29) is 11.9 Å². The molecule has 0 aliphatic carbocycles. The van der Waals surface area contributed by atoms with Gasteiger partial charge in [-0.3, -0.25) is 4.98 Å². The van der Waals surface area contributed by atoms with Crippen LogP contribution >= 0.6 is 0 Å². The molecule has 0 saturated carbocycles. The summed E-state index contributed by atoms with van der Waals surface area (Å²) in [5, 5.41) is 3.32. The van der Waals surface area contributed by atoms with Gasteiger partial charge in [0.2, 0.25) is 0 Å². The van der Waals surface area contributed by atoms with Crippen molar-refractivity contribution < 1.29 is 4.39 Å². The van der Waals surface area contributed by atoms with Gasteiger partial charge in [-0.2, -0.15) is 0 Å². The highest BCUT2D eigenvalue weighted by Gasteiger charge is 2.17. The highest BCUT2D eigenvalue weighted by atomic mass is 19.1. The van der Waals surface area contributed by atoms with Gasteiger partial charge < -0.3 is 5.32 Å². The molecule has 2 nitrogen and oxygen atoms in total. The fraction of sp³-hybridized carbons (Fsp3) is 0.312. The van der Waals surface area contributed by atoms with Gasteiger partial charge in [-0.25, -0.2) is 4.39 Å². The molecule has 0 bridgehead atoms. The first-order chi connectivity index (χ1) is 9.11. The fourth-order valence-corrected chi connectivity index (χ4v) is 2.21. The summed E-state index contributed by atoms with van der Waals surface area (Å²) >= 11 is 0. The zero-order valence-corrected chi connectivity index (χ0v) is 11.6. The number of aromatic nitrogens is 1. The first-order valence-electron chi connectivity index (χ1n) is 6.52. The number of benzene rings is 1. The van der Waals surface area contributed by atoms with Gasteiger partial charge in [0.15, 0.2) is 0 Å². The average Bonchev–Trinajstić information content (AvgIpc) is 2.37. The minimum atomic E-state index is -0.174. The summed E-state index contributed by atoms with van der Waals surface area (Å²) in [7, 11) is 0. The lowest BCUT2D eigenvalue weighted by molar-refractivity contribution is 0.557. The van der Waals surface area contributed by atoms with Crippen molar-refractivity contribution in [1.29, 1.82) is 0 Å². The fourth-order valence-electron chi connectivity index (χ4n) is 2.21. The monoisotopic (exact) mass is 258 g/mol. The Labute approximate surface area is 113 Å². The number of hydrogen-bond donors (Lipinski definition) is 1. The second-order valence-electron chi connectivity index (χ2n) is 4.81. The van der Waals surface area contributed by atoms with Crippen molar-refractivity contribution in [3.8, 4) is 0 Å². The van der Waals surface area contributed by atoms with E-state index in [0.717, 1.165) is 23.2 Å². The largest absolute Gasteiger partial charge is 0.306 e. The van der Waals surface area contributed by atoms with E-state index in [1.807, 2.05) is 39.0 Å². The molecule has 1 aromatic heterocycles. The standard InChI is InChI=1S/C16H19FN2/c1-4-19-16(13-7-12(3)9-18-10-13)14-6-5-11(2)8-15(14)17/h5-10,16,19H,4H2,1-3H3. The lowest BCUT2D eigenvalue weighted by Crippen LogP contribution is -2.23. The Kier molecular flexibility index (Phi) is 4.27. The first-order valence-corrected chi connectivity index (χ1v) is 6.52. The molecule has 0 radical (unpaired) electrons. The molecule has 0 fully saturated rings. The third kappa shape index (κ3) is 3.18. The topological polar surface area (TPSA) is 24.9 Å². The molecule has 19 heavy (non-hydrogen) atoms. The zero-order valence-electron chi connectivity index (χ0n) is 11.6. The molecular formula is C16H19FN2. The van der Waals surface area contributed by atoms with Crippen molar-refractivity contribution in [2.24, 2.45) is 0 Å². The van der Waals surface area contributed by atoms with Gasteiger partial charge >= 0.3 is 0 Å². The van der Waals surface area contributed by atoms with Gasteiger partial charge in [0.05, 0.1) is 6.04 Å². The van der Waals surface area contributed by atoms with Crippen molar-refractivity contribution in [3.63, 3.8) is 0 Å². The number of hydrogen-bond acceptors (Lipinski definition) is 2. The third-order valence-electron chi connectivity index (χ3n) is 3.10. The zero-order chi connectivity index (χ0) is 13.8. The van der Waals surface area contributed by atoms with Crippen LogP contribution in [0.15, 0.2) is 36.7 Å². The molecule has 1 N–H and O–H groups in total. The molecule has 0 amide bonds. The average molecular weight is 258 g/mol. The summed E-state index contributed by atoms with van der Waals surface area (Å²) in [5.74, 6) is -0.174. The van der Waals surface area contributed by atoms with Gasteiger partial charge in [0.25, 0.3) is 0 Å². The lowest BCUT2D eigenvalue weighted by Gasteiger charge is -2.20. The maximum absolute atomic E-state index is 14.1. The Morgan fingerprint density at radius 2 is 1.95 bits per heavy atom. The highest BCUT2D eigenvalue weighted by Crippen LogP contribution is 2.25. The first kappa shape index (κ1) is 13.7. The van der Waals surface area contributed by atoms with Crippen molar-refractivity contribution in [1.82, 2.24) is 10.3 Å². The minimum absolute atomic E-state index is 0.155. The smallest absolute Gasteiger partial charge is 0.128 e. The molecule has 0 spiro atoms. The predicted molar refractivity (Wildman–Crippen MR) is 75.6 cm³/mol. The molecule has 3 heteroatoms. The van der Waals surface area contributed by atoms with E-state index in [1.165, 1.54) is 0 Å². The lowest BCUT2D eigenvalue weighted by atomic mass is 9.97. The van der Waals surface area contributed by atoms with Crippen molar-refractivity contribution >= 4 is 0 Å². The Morgan fingerprint density at radius 1 is 1.16 bits per heavy atom. The van der Waals surface area contributed by atoms with Crippen LogP contribution in [0.25, 0.3) is 0 Å². The predicted octanol–water partition coefficient (Wildman–Crippen LogP) is 3.54. The molecule has 1 heterocycles. The summed E-state index contributed by atoms with van der Waals surface area (Å²) in [4.78, 5) is 4.20. The van der Waals surface area contributed by atoms with E-state index in [0.29, 0.717) is 5.56 Å². The Bertz CT molecular complexity index is 566. The normalized spacial score (nSPS) is 12.4. The molecule has 2 aromatic rings. The summed E-state index contributed by atoms with van der Waals surface area (Å²) in [6, 6.07) is 7.24. The summed E-state index contributed by atoms with van der Waals surface area (Å²) < 4.78 is 14.1. The number of aryl methyl sites for hydroxylation is 2. The second-order valence-corrected chi connectivity index (χ2v) is 4.81. The van der Waals surface area contributed by atoms with Crippen LogP contribution in [-0.4, -0.2) is 11.5 Å². The molecule has 1 aromatic carbocycles. The molecule has 1 atom stereocenters. The van der Waals surface area contributed by atoms with Crippen LogP contribution in [0, 0.1) is 19.7 Å². The van der Waals surface area contributed by atoms with E-state index in [2.05, 4.69) is 10.3 Å². The number of halogens is 1. The maximum Gasteiger partial charge on any atom is 0.128 e. The maximum atomic E-state index is 14.1. The molecule has 100 valence electrons. The Hall–Kier alpha value is -1.74. The van der Waals surface area contributed by atoms with E-state index < -0.39 is 0 Å². The van der Waals surface area contributed by atoms with E-state index in [1.54, 1.807) is 18.5 Å². The van der Waals surface area contributed by atoms with Crippen LogP contribution in [0.2, 0.25) is 0 Å². The second kappa shape index (κ2) is 5.93. The van der Waals surface area contributed by atoms with E-state index >= 15 is 0 Å². The molecule has 0 aliphatic heterocycles. The van der Waals surface area contributed by atoms with Crippen molar-refractivity contribution in [3.05, 3.63) is 64.7 Å². The van der Waals surface area contributed by atoms with Crippen LogP contribution in [-0.2, 0) is 0 Å². The van der Waals surface area contributed by atoms with E-state index in [9.17, 15) is 4.39 Å². The highest BCUT2D eigenvalue weighted by molar-refractivity contribution is 5.34. The Morgan fingerprint density at radius 3 is 2.58 bits per heavy atom. The van der Waals surface area contributed by atoms with Crippen LogP contribution in [0.3, 0.4) is 0 Å². The molecule has 1 unspecified atom stereocenters.